The number of nitrogens with zero attached hydrogens (tertiary/aromatic N) is 1. The summed E-state index contributed by atoms with van der Waals surface area (Å²) in [5.41, 5.74) is 0.920. The van der Waals surface area contributed by atoms with Crippen molar-refractivity contribution >= 4 is 0 Å². The minimum Gasteiger partial charge on any atom is -0.385 e. The minimum atomic E-state index is -0.548. The van der Waals surface area contributed by atoms with Crippen molar-refractivity contribution in [3.63, 3.8) is 0 Å². The summed E-state index contributed by atoms with van der Waals surface area (Å²) in [6, 6.07) is 1.80. The van der Waals surface area contributed by atoms with Crippen LogP contribution in [0.2, 0.25) is 0 Å². The Morgan fingerprint density at radius 3 is 2.91 bits per heavy atom. The van der Waals surface area contributed by atoms with Crippen LogP contribution >= 0.6 is 0 Å². The van der Waals surface area contributed by atoms with E-state index in [1.807, 2.05) is 0 Å². The number of aromatic nitrogens is 1. The Balaban J connectivity index is 2.66. The third-order valence-corrected chi connectivity index (χ3v) is 1.50. The van der Waals surface area contributed by atoms with E-state index in [9.17, 15) is 0 Å². The molecule has 0 saturated heterocycles. The fraction of sp³-hybridized carbons (Fsp3) is 0.625. The van der Waals surface area contributed by atoms with E-state index in [1.165, 1.54) is 0 Å². The number of hydrogen-bond donors (Lipinski definition) is 1. The second-order valence-corrected chi connectivity index (χ2v) is 2.65. The van der Waals surface area contributed by atoms with Crippen LogP contribution in [0.4, 0.5) is 0 Å². The molecule has 0 aliphatic rings. The Bertz CT molecular complexity index is 218. The predicted molar refractivity (Wildman–Crippen MR) is 41.1 cm³/mol. The molecule has 0 bridgehead atoms. The smallest absolute Gasteiger partial charge is 0.165 e. The van der Waals surface area contributed by atoms with Crippen molar-refractivity contribution < 1.29 is 9.63 Å². The summed E-state index contributed by atoms with van der Waals surface area (Å²) < 4.78 is 4.88. The maximum atomic E-state index is 9.07. The van der Waals surface area contributed by atoms with Gasteiger partial charge in [0, 0.05) is 6.07 Å². The molecule has 62 valence electrons. The van der Waals surface area contributed by atoms with E-state index in [2.05, 4.69) is 12.1 Å². The second kappa shape index (κ2) is 3.53. The zero-order valence-corrected chi connectivity index (χ0v) is 6.87. The second-order valence-electron chi connectivity index (χ2n) is 2.65. The summed E-state index contributed by atoms with van der Waals surface area (Å²) in [5.74, 6) is 0.549. The van der Waals surface area contributed by atoms with Gasteiger partial charge < -0.3 is 9.63 Å². The molecule has 0 aliphatic carbocycles. The Morgan fingerprint density at radius 2 is 2.45 bits per heavy atom. The molecule has 0 radical (unpaired) electrons. The third-order valence-electron chi connectivity index (χ3n) is 1.50. The van der Waals surface area contributed by atoms with Gasteiger partial charge in [-0.2, -0.15) is 0 Å². The van der Waals surface area contributed by atoms with Gasteiger partial charge in [0.15, 0.2) is 5.76 Å². The van der Waals surface area contributed by atoms with Crippen molar-refractivity contribution in [2.24, 2.45) is 0 Å². The van der Waals surface area contributed by atoms with Crippen LogP contribution in [-0.4, -0.2) is 10.3 Å². The van der Waals surface area contributed by atoms with Crippen LogP contribution in [0, 0.1) is 0 Å². The maximum absolute atomic E-state index is 9.07. The van der Waals surface area contributed by atoms with Gasteiger partial charge >= 0.3 is 0 Å². The van der Waals surface area contributed by atoms with E-state index in [0.29, 0.717) is 5.76 Å². The monoisotopic (exact) mass is 155 g/mol. The molecule has 11 heavy (non-hydrogen) atoms. The van der Waals surface area contributed by atoms with E-state index in [-0.39, 0.29) is 0 Å². The fourth-order valence-electron chi connectivity index (χ4n) is 0.899. The highest BCUT2D eigenvalue weighted by molar-refractivity contribution is 5.06. The van der Waals surface area contributed by atoms with Crippen molar-refractivity contribution in [3.8, 4) is 0 Å². The average Bonchev–Trinajstić information content (AvgIpc) is 2.37. The van der Waals surface area contributed by atoms with Gasteiger partial charge in [-0.3, -0.25) is 0 Å². The molecule has 1 aromatic heterocycles. The van der Waals surface area contributed by atoms with Crippen molar-refractivity contribution in [1.29, 1.82) is 0 Å². The molecule has 0 amide bonds. The highest BCUT2D eigenvalue weighted by atomic mass is 16.5. The van der Waals surface area contributed by atoms with Crippen LogP contribution in [0.25, 0.3) is 0 Å². The summed E-state index contributed by atoms with van der Waals surface area (Å²) in [6.45, 7) is 3.74. The number of aliphatic hydroxyl groups is 1. The van der Waals surface area contributed by atoms with E-state index in [1.54, 1.807) is 13.0 Å². The summed E-state index contributed by atoms with van der Waals surface area (Å²) in [4.78, 5) is 0. The summed E-state index contributed by atoms with van der Waals surface area (Å²) in [6.07, 6.45) is 1.41. The zero-order chi connectivity index (χ0) is 8.27. The molecule has 1 atom stereocenters. The van der Waals surface area contributed by atoms with Gasteiger partial charge in [-0.1, -0.05) is 18.5 Å². The SMILES string of the molecule is CCCc1cc(C(C)O)on1. The first-order chi connectivity index (χ1) is 5.24. The minimum absolute atomic E-state index is 0.548. The molecule has 1 aromatic rings. The van der Waals surface area contributed by atoms with Gasteiger partial charge in [0.2, 0.25) is 0 Å². The van der Waals surface area contributed by atoms with Crippen LogP contribution < -0.4 is 0 Å². The molecule has 0 fully saturated rings. The largest absolute Gasteiger partial charge is 0.385 e. The lowest BCUT2D eigenvalue weighted by Crippen LogP contribution is -1.86. The lowest BCUT2D eigenvalue weighted by molar-refractivity contribution is 0.157. The molecule has 0 aliphatic heterocycles. The molecule has 0 spiro atoms. The van der Waals surface area contributed by atoms with Gasteiger partial charge in [0.05, 0.1) is 5.69 Å². The Kier molecular flexibility index (Phi) is 2.65. The number of aryl methyl sites for hydroxylation is 1. The summed E-state index contributed by atoms with van der Waals surface area (Å²) in [7, 11) is 0. The molecule has 1 rings (SSSR count). The van der Waals surface area contributed by atoms with Crippen LogP contribution in [0.15, 0.2) is 10.6 Å². The number of rotatable bonds is 3. The van der Waals surface area contributed by atoms with Gasteiger partial charge in [-0.15, -0.1) is 0 Å². The van der Waals surface area contributed by atoms with Gasteiger partial charge in [0.1, 0.15) is 6.10 Å². The van der Waals surface area contributed by atoms with E-state index >= 15 is 0 Å². The molecule has 3 heteroatoms. The van der Waals surface area contributed by atoms with E-state index in [0.717, 1.165) is 18.5 Å². The Morgan fingerprint density at radius 1 is 1.73 bits per heavy atom. The fourth-order valence-corrected chi connectivity index (χ4v) is 0.899. The summed E-state index contributed by atoms with van der Waals surface area (Å²) >= 11 is 0. The third kappa shape index (κ3) is 2.05. The highest BCUT2D eigenvalue weighted by Gasteiger charge is 2.07. The average molecular weight is 155 g/mol. The molecule has 1 unspecified atom stereocenters. The van der Waals surface area contributed by atoms with Crippen LogP contribution in [0.3, 0.4) is 0 Å². The molecular weight excluding hydrogens is 142 g/mol. The number of hydrogen-bond acceptors (Lipinski definition) is 3. The quantitative estimate of drug-likeness (QED) is 0.722. The zero-order valence-electron chi connectivity index (χ0n) is 6.87. The van der Waals surface area contributed by atoms with Crippen molar-refractivity contribution in [3.05, 3.63) is 17.5 Å². The lowest BCUT2D eigenvalue weighted by atomic mass is 10.2. The number of aliphatic hydroxyl groups excluding tert-OH is 1. The maximum Gasteiger partial charge on any atom is 0.165 e. The van der Waals surface area contributed by atoms with Crippen LogP contribution in [-0.2, 0) is 6.42 Å². The van der Waals surface area contributed by atoms with Crippen molar-refractivity contribution in [1.82, 2.24) is 5.16 Å². The molecule has 0 saturated carbocycles. The topological polar surface area (TPSA) is 46.3 Å². The van der Waals surface area contributed by atoms with Crippen LogP contribution in [0.1, 0.15) is 37.8 Å². The lowest BCUT2D eigenvalue weighted by Gasteiger charge is -1.92. The Hall–Kier alpha value is -0.830. The van der Waals surface area contributed by atoms with Gasteiger partial charge in [-0.25, -0.2) is 0 Å². The molecular formula is C8H13NO2. The summed E-state index contributed by atoms with van der Waals surface area (Å²) in [5, 5.41) is 12.9. The molecule has 0 aromatic carbocycles. The van der Waals surface area contributed by atoms with Crippen LogP contribution in [0.5, 0.6) is 0 Å². The van der Waals surface area contributed by atoms with Gasteiger partial charge in [-0.05, 0) is 13.3 Å². The Labute approximate surface area is 66.0 Å². The highest BCUT2D eigenvalue weighted by Crippen LogP contribution is 2.13. The first-order valence-corrected chi connectivity index (χ1v) is 3.87. The standard InChI is InChI=1S/C8H13NO2/c1-3-4-7-5-8(6(2)10)11-9-7/h5-6,10H,3-4H2,1-2H3. The molecule has 3 nitrogen and oxygen atoms in total. The van der Waals surface area contributed by atoms with Crippen molar-refractivity contribution in [2.75, 3.05) is 0 Å². The normalized spacial score (nSPS) is 13.4. The van der Waals surface area contributed by atoms with E-state index < -0.39 is 6.10 Å². The predicted octanol–water partition coefficient (Wildman–Crippen LogP) is 1.68. The van der Waals surface area contributed by atoms with Gasteiger partial charge in [0.25, 0.3) is 0 Å². The van der Waals surface area contributed by atoms with Crippen molar-refractivity contribution in [2.45, 2.75) is 32.8 Å². The van der Waals surface area contributed by atoms with E-state index in [4.69, 9.17) is 9.63 Å². The molecule has 1 N–H and O–H groups in total. The first-order valence-electron chi connectivity index (χ1n) is 3.87. The molecule has 1 heterocycles. The first kappa shape index (κ1) is 8.27.